The van der Waals surface area contributed by atoms with E-state index in [1.165, 1.54) is 0 Å². The maximum absolute atomic E-state index is 5.75. The lowest BCUT2D eigenvalue weighted by molar-refractivity contribution is 0.766. The molecule has 0 atom stereocenters. The fourth-order valence-corrected chi connectivity index (χ4v) is 1.42. The summed E-state index contributed by atoms with van der Waals surface area (Å²) >= 11 is 0. The Hall–Kier alpha value is -1.91. The van der Waals surface area contributed by atoms with Crippen molar-refractivity contribution in [1.29, 1.82) is 0 Å². The zero-order chi connectivity index (χ0) is 10.8. The van der Waals surface area contributed by atoms with Crippen molar-refractivity contribution in [3.8, 4) is 5.69 Å². The predicted molar refractivity (Wildman–Crippen MR) is 57.7 cm³/mol. The van der Waals surface area contributed by atoms with Gasteiger partial charge in [-0.1, -0.05) is 6.92 Å². The van der Waals surface area contributed by atoms with Crippen LogP contribution in [0.3, 0.4) is 0 Å². The van der Waals surface area contributed by atoms with Crippen LogP contribution in [-0.2, 0) is 6.42 Å². The van der Waals surface area contributed by atoms with Crippen LogP contribution in [0.5, 0.6) is 0 Å². The summed E-state index contributed by atoms with van der Waals surface area (Å²) in [6, 6.07) is 5.76. The van der Waals surface area contributed by atoms with E-state index in [-0.39, 0.29) is 0 Å². The number of aromatic nitrogens is 4. The molecule has 1 heterocycles. The van der Waals surface area contributed by atoms with Gasteiger partial charge in [0.05, 0.1) is 5.69 Å². The highest BCUT2D eigenvalue weighted by Gasteiger charge is 2.06. The molecule has 2 rings (SSSR count). The summed E-state index contributed by atoms with van der Waals surface area (Å²) in [6.07, 6.45) is 0.802. The number of anilines is 1. The molecule has 5 nitrogen and oxygen atoms in total. The van der Waals surface area contributed by atoms with Gasteiger partial charge in [0, 0.05) is 12.1 Å². The molecule has 0 aliphatic rings. The number of nitrogen functional groups attached to an aromatic ring is 1. The van der Waals surface area contributed by atoms with Gasteiger partial charge in [0.25, 0.3) is 0 Å². The molecule has 0 fully saturated rings. The molecule has 2 aromatic rings. The van der Waals surface area contributed by atoms with E-state index in [0.717, 1.165) is 29.2 Å². The van der Waals surface area contributed by atoms with Gasteiger partial charge < -0.3 is 5.73 Å². The summed E-state index contributed by atoms with van der Waals surface area (Å²) in [7, 11) is 0. The number of hydrogen-bond donors (Lipinski definition) is 1. The van der Waals surface area contributed by atoms with Gasteiger partial charge in [-0.25, -0.2) is 0 Å². The van der Waals surface area contributed by atoms with E-state index in [4.69, 9.17) is 5.73 Å². The fraction of sp³-hybridized carbons (Fsp3) is 0.300. The molecule has 5 heteroatoms. The van der Waals surface area contributed by atoms with E-state index in [1.807, 2.05) is 32.0 Å². The van der Waals surface area contributed by atoms with Gasteiger partial charge >= 0.3 is 0 Å². The van der Waals surface area contributed by atoms with Crippen molar-refractivity contribution in [2.45, 2.75) is 20.3 Å². The van der Waals surface area contributed by atoms with Gasteiger partial charge in [0.1, 0.15) is 0 Å². The number of hydrogen-bond acceptors (Lipinski definition) is 4. The van der Waals surface area contributed by atoms with E-state index in [9.17, 15) is 0 Å². The highest BCUT2D eigenvalue weighted by atomic mass is 15.5. The van der Waals surface area contributed by atoms with Crippen molar-refractivity contribution < 1.29 is 0 Å². The molecule has 0 amide bonds. The second-order valence-corrected chi connectivity index (χ2v) is 3.40. The lowest BCUT2D eigenvalue weighted by Gasteiger charge is -2.05. The Kier molecular flexibility index (Phi) is 2.37. The Labute approximate surface area is 87.9 Å². The Morgan fingerprint density at radius 3 is 2.87 bits per heavy atom. The maximum Gasteiger partial charge on any atom is 0.156 e. The summed E-state index contributed by atoms with van der Waals surface area (Å²) in [5.41, 5.74) is 8.51. The van der Waals surface area contributed by atoms with Crippen LogP contribution in [0.25, 0.3) is 5.69 Å². The summed E-state index contributed by atoms with van der Waals surface area (Å²) in [5, 5.41) is 11.5. The van der Waals surface area contributed by atoms with Crippen molar-refractivity contribution in [1.82, 2.24) is 20.2 Å². The number of aryl methyl sites for hydroxylation is 2. The number of rotatable bonds is 2. The molecule has 0 spiro atoms. The maximum atomic E-state index is 5.75. The second-order valence-electron chi connectivity index (χ2n) is 3.40. The standard InChI is InChI=1S/C10H13N5/c1-3-10-12-13-14-15(10)8-4-5-9(11)7(2)6-8/h4-6H,3,11H2,1-2H3. The van der Waals surface area contributed by atoms with Gasteiger partial charge in [-0.2, -0.15) is 4.68 Å². The highest BCUT2D eigenvalue weighted by molar-refractivity contribution is 5.51. The molecule has 1 aromatic heterocycles. The summed E-state index contributed by atoms with van der Waals surface area (Å²) < 4.78 is 1.73. The average Bonchev–Trinajstić information content (AvgIpc) is 2.70. The lowest BCUT2D eigenvalue weighted by Crippen LogP contribution is -2.03. The molecule has 0 unspecified atom stereocenters. The molecule has 0 aliphatic heterocycles. The minimum Gasteiger partial charge on any atom is -0.399 e. The van der Waals surface area contributed by atoms with Crippen LogP contribution in [0, 0.1) is 6.92 Å². The topological polar surface area (TPSA) is 69.6 Å². The van der Waals surface area contributed by atoms with E-state index in [1.54, 1.807) is 4.68 Å². The largest absolute Gasteiger partial charge is 0.399 e. The molecule has 0 saturated carbocycles. The summed E-state index contributed by atoms with van der Waals surface area (Å²) in [6.45, 7) is 3.99. The average molecular weight is 203 g/mol. The van der Waals surface area contributed by atoms with Crippen molar-refractivity contribution in [3.05, 3.63) is 29.6 Å². The van der Waals surface area contributed by atoms with Gasteiger partial charge in [-0.3, -0.25) is 0 Å². The Bertz CT molecular complexity index is 474. The number of tetrazole rings is 1. The third-order valence-corrected chi connectivity index (χ3v) is 2.35. The molecule has 0 bridgehead atoms. The molecular formula is C10H13N5. The molecule has 2 N–H and O–H groups in total. The predicted octanol–water partition coefficient (Wildman–Crippen LogP) is 1.12. The Balaban J connectivity index is 2.50. The van der Waals surface area contributed by atoms with Crippen molar-refractivity contribution >= 4 is 5.69 Å². The zero-order valence-corrected chi connectivity index (χ0v) is 8.81. The van der Waals surface area contributed by atoms with Crippen LogP contribution in [0.15, 0.2) is 18.2 Å². The molecule has 78 valence electrons. The normalized spacial score (nSPS) is 10.5. The van der Waals surface area contributed by atoms with E-state index in [0.29, 0.717) is 0 Å². The van der Waals surface area contributed by atoms with Crippen molar-refractivity contribution in [3.63, 3.8) is 0 Å². The van der Waals surface area contributed by atoms with Crippen molar-refractivity contribution in [2.75, 3.05) is 5.73 Å². The van der Waals surface area contributed by atoms with Crippen LogP contribution in [-0.4, -0.2) is 20.2 Å². The molecule has 15 heavy (non-hydrogen) atoms. The molecule has 0 aliphatic carbocycles. The summed E-state index contributed by atoms with van der Waals surface area (Å²) in [5.74, 6) is 0.846. The Morgan fingerprint density at radius 1 is 1.40 bits per heavy atom. The number of nitrogens with zero attached hydrogens (tertiary/aromatic N) is 4. The number of nitrogens with two attached hydrogens (primary N) is 1. The third-order valence-electron chi connectivity index (χ3n) is 2.35. The summed E-state index contributed by atoms with van der Waals surface area (Å²) in [4.78, 5) is 0. The minimum atomic E-state index is 0.782. The monoisotopic (exact) mass is 203 g/mol. The van der Waals surface area contributed by atoms with Crippen LogP contribution in [0.1, 0.15) is 18.3 Å². The van der Waals surface area contributed by atoms with Crippen LogP contribution in [0.2, 0.25) is 0 Å². The fourth-order valence-electron chi connectivity index (χ4n) is 1.42. The van der Waals surface area contributed by atoms with E-state index in [2.05, 4.69) is 15.5 Å². The first-order chi connectivity index (χ1) is 7.22. The highest BCUT2D eigenvalue weighted by Crippen LogP contribution is 2.16. The van der Waals surface area contributed by atoms with E-state index >= 15 is 0 Å². The number of benzene rings is 1. The first kappa shape index (κ1) is 9.64. The zero-order valence-electron chi connectivity index (χ0n) is 8.81. The first-order valence-electron chi connectivity index (χ1n) is 4.86. The van der Waals surface area contributed by atoms with Crippen LogP contribution >= 0.6 is 0 Å². The molecule has 1 aromatic carbocycles. The molecule has 0 radical (unpaired) electrons. The molecular weight excluding hydrogens is 190 g/mol. The third kappa shape index (κ3) is 1.68. The lowest BCUT2D eigenvalue weighted by atomic mass is 10.2. The van der Waals surface area contributed by atoms with Crippen molar-refractivity contribution in [2.24, 2.45) is 0 Å². The Morgan fingerprint density at radius 2 is 2.20 bits per heavy atom. The quantitative estimate of drug-likeness (QED) is 0.742. The molecule has 0 saturated heterocycles. The second kappa shape index (κ2) is 3.68. The first-order valence-corrected chi connectivity index (χ1v) is 4.86. The van der Waals surface area contributed by atoms with Gasteiger partial charge in [-0.05, 0) is 41.1 Å². The van der Waals surface area contributed by atoms with Crippen LogP contribution < -0.4 is 5.73 Å². The van der Waals surface area contributed by atoms with Gasteiger partial charge in [0.15, 0.2) is 5.82 Å². The van der Waals surface area contributed by atoms with Crippen LogP contribution in [0.4, 0.5) is 5.69 Å². The minimum absolute atomic E-state index is 0.782. The smallest absolute Gasteiger partial charge is 0.156 e. The van der Waals surface area contributed by atoms with Gasteiger partial charge in [-0.15, -0.1) is 5.10 Å². The van der Waals surface area contributed by atoms with E-state index < -0.39 is 0 Å². The SMILES string of the molecule is CCc1nnnn1-c1ccc(N)c(C)c1. The van der Waals surface area contributed by atoms with Gasteiger partial charge in [0.2, 0.25) is 0 Å².